The van der Waals surface area contributed by atoms with Crippen molar-refractivity contribution in [2.24, 2.45) is 0 Å². The van der Waals surface area contributed by atoms with Crippen LogP contribution in [0.5, 0.6) is 0 Å². The van der Waals surface area contributed by atoms with Gasteiger partial charge in [0.1, 0.15) is 19.5 Å². The molecule has 0 radical (unpaired) electrons. The van der Waals surface area contributed by atoms with E-state index in [2.05, 4.69) is 41.0 Å². The molecule has 0 unspecified atom stereocenters. The van der Waals surface area contributed by atoms with Crippen LogP contribution in [-0.2, 0) is 0 Å². The predicted octanol–water partition coefficient (Wildman–Crippen LogP) is 3.68. The Morgan fingerprint density at radius 2 is 1.68 bits per heavy atom. The highest BCUT2D eigenvalue weighted by atomic mass is 19.1. The molecule has 5 rings (SSSR count). The molecular formula is C22H16BFN4. The highest BCUT2D eigenvalue weighted by Gasteiger charge is 2.17. The number of nitrogens with zero attached hydrogens (tertiary/aromatic N) is 2. The van der Waals surface area contributed by atoms with E-state index >= 15 is 0 Å². The molecule has 0 atom stereocenters. The van der Waals surface area contributed by atoms with Crippen LogP contribution in [0.4, 0.5) is 4.39 Å². The molecule has 0 saturated heterocycles. The number of halogens is 1. The summed E-state index contributed by atoms with van der Waals surface area (Å²) in [5, 5.41) is 1.11. The number of aromatic nitrogens is 4. The minimum atomic E-state index is -0.263. The number of pyridine rings is 1. The maximum atomic E-state index is 13.4. The molecule has 3 aromatic heterocycles. The third kappa shape index (κ3) is 2.79. The number of nitrogens with one attached hydrogen (secondary N) is 2. The highest BCUT2D eigenvalue weighted by molar-refractivity contribution is 6.33. The Labute approximate surface area is 161 Å². The van der Waals surface area contributed by atoms with Crippen LogP contribution in [0, 0.1) is 5.82 Å². The topological polar surface area (TPSA) is 57.4 Å². The summed E-state index contributed by atoms with van der Waals surface area (Å²) in [7, 11) is 2.07. The Bertz CT molecular complexity index is 1270. The first-order chi connectivity index (χ1) is 13.7. The van der Waals surface area contributed by atoms with Gasteiger partial charge in [-0.2, -0.15) is 0 Å². The van der Waals surface area contributed by atoms with E-state index in [9.17, 15) is 4.39 Å². The van der Waals surface area contributed by atoms with E-state index in [0.29, 0.717) is 0 Å². The quantitative estimate of drug-likeness (QED) is 0.479. The maximum Gasteiger partial charge on any atom is 0.140 e. The number of hydrogen-bond acceptors (Lipinski definition) is 2. The Kier molecular flexibility index (Phi) is 3.83. The molecule has 134 valence electrons. The van der Waals surface area contributed by atoms with Crippen molar-refractivity contribution in [2.45, 2.75) is 0 Å². The summed E-state index contributed by atoms with van der Waals surface area (Å²) in [4.78, 5) is 15.8. The van der Waals surface area contributed by atoms with Crippen LogP contribution in [-0.4, -0.2) is 27.8 Å². The molecule has 0 saturated carbocycles. The minimum absolute atomic E-state index is 0.263. The van der Waals surface area contributed by atoms with Gasteiger partial charge >= 0.3 is 0 Å². The predicted molar refractivity (Wildman–Crippen MR) is 113 cm³/mol. The van der Waals surface area contributed by atoms with Crippen molar-refractivity contribution in [1.29, 1.82) is 0 Å². The van der Waals surface area contributed by atoms with Crippen molar-refractivity contribution in [3.05, 3.63) is 79.0 Å². The number of imidazole rings is 1. The summed E-state index contributed by atoms with van der Waals surface area (Å²) in [6.07, 6.45) is 5.45. The molecule has 0 fully saturated rings. The molecule has 0 bridgehead atoms. The van der Waals surface area contributed by atoms with Crippen molar-refractivity contribution in [2.75, 3.05) is 0 Å². The van der Waals surface area contributed by atoms with Gasteiger partial charge in [0.05, 0.1) is 11.4 Å². The number of fused-ring (bicyclic) bond motifs is 1. The second kappa shape index (κ2) is 6.49. The molecule has 0 aliphatic heterocycles. The second-order valence-electron chi connectivity index (χ2n) is 6.80. The molecule has 5 aromatic rings. The lowest BCUT2D eigenvalue weighted by atomic mass is 9.94. The van der Waals surface area contributed by atoms with Crippen LogP contribution in [0.1, 0.15) is 0 Å². The number of benzene rings is 2. The molecule has 3 heterocycles. The first kappa shape index (κ1) is 16.5. The fourth-order valence-corrected chi connectivity index (χ4v) is 3.48. The van der Waals surface area contributed by atoms with Crippen LogP contribution in [0.25, 0.3) is 44.8 Å². The van der Waals surface area contributed by atoms with Crippen molar-refractivity contribution < 1.29 is 4.39 Å². The van der Waals surface area contributed by atoms with E-state index in [4.69, 9.17) is 4.98 Å². The van der Waals surface area contributed by atoms with Gasteiger partial charge in [-0.1, -0.05) is 17.6 Å². The van der Waals surface area contributed by atoms with Crippen LogP contribution in [0.3, 0.4) is 0 Å². The Morgan fingerprint density at radius 3 is 2.46 bits per heavy atom. The zero-order chi connectivity index (χ0) is 19.1. The van der Waals surface area contributed by atoms with E-state index in [1.807, 2.05) is 18.3 Å². The molecule has 0 amide bonds. The Balaban J connectivity index is 1.73. The molecule has 2 N–H and O–H groups in total. The monoisotopic (exact) mass is 366 g/mol. The second-order valence-corrected chi connectivity index (χ2v) is 6.80. The van der Waals surface area contributed by atoms with Crippen molar-refractivity contribution in [1.82, 2.24) is 19.9 Å². The molecule has 2 aromatic carbocycles. The third-order valence-corrected chi connectivity index (χ3v) is 4.88. The fraction of sp³-hybridized carbons (Fsp3) is 0. The van der Waals surface area contributed by atoms with Crippen LogP contribution >= 0.6 is 0 Å². The third-order valence-electron chi connectivity index (χ3n) is 4.88. The largest absolute Gasteiger partial charge is 0.360 e. The zero-order valence-corrected chi connectivity index (χ0v) is 15.2. The van der Waals surface area contributed by atoms with Gasteiger partial charge in [-0.25, -0.2) is 9.37 Å². The lowest BCUT2D eigenvalue weighted by Gasteiger charge is -2.02. The fourth-order valence-electron chi connectivity index (χ4n) is 3.48. The highest BCUT2D eigenvalue weighted by Crippen LogP contribution is 2.34. The molecular weight excluding hydrogens is 350 g/mol. The molecule has 6 heteroatoms. The van der Waals surface area contributed by atoms with E-state index in [0.717, 1.165) is 44.8 Å². The number of aromatic amines is 2. The average molecular weight is 366 g/mol. The average Bonchev–Trinajstić information content (AvgIpc) is 3.33. The van der Waals surface area contributed by atoms with Gasteiger partial charge in [-0.05, 0) is 42.5 Å². The van der Waals surface area contributed by atoms with E-state index < -0.39 is 0 Å². The normalized spacial score (nSPS) is 11.2. The first-order valence-electron chi connectivity index (χ1n) is 9.03. The van der Waals surface area contributed by atoms with Crippen LogP contribution in [0.2, 0.25) is 0 Å². The zero-order valence-electron chi connectivity index (χ0n) is 15.2. The summed E-state index contributed by atoms with van der Waals surface area (Å²) in [5.74, 6) is 0.504. The summed E-state index contributed by atoms with van der Waals surface area (Å²) >= 11 is 0. The van der Waals surface area contributed by atoms with Gasteiger partial charge in [0, 0.05) is 46.2 Å². The minimum Gasteiger partial charge on any atom is -0.360 e. The molecule has 4 nitrogen and oxygen atoms in total. The van der Waals surface area contributed by atoms with E-state index in [1.54, 1.807) is 24.5 Å². The van der Waals surface area contributed by atoms with Gasteiger partial charge in [-0.3, -0.25) is 4.98 Å². The lowest BCUT2D eigenvalue weighted by Crippen LogP contribution is -1.99. The summed E-state index contributed by atoms with van der Waals surface area (Å²) in [5.41, 5.74) is 6.74. The van der Waals surface area contributed by atoms with E-state index in [1.165, 1.54) is 17.6 Å². The number of rotatable bonds is 3. The molecule has 28 heavy (non-hydrogen) atoms. The molecule has 0 aliphatic rings. The first-order valence-corrected chi connectivity index (χ1v) is 9.03. The van der Waals surface area contributed by atoms with Gasteiger partial charge in [0.15, 0.2) is 0 Å². The van der Waals surface area contributed by atoms with Crippen molar-refractivity contribution in [3.8, 4) is 33.9 Å². The summed E-state index contributed by atoms with van der Waals surface area (Å²) in [6.45, 7) is 0. The van der Waals surface area contributed by atoms with Gasteiger partial charge in [0.2, 0.25) is 0 Å². The molecule has 0 aliphatic carbocycles. The van der Waals surface area contributed by atoms with Gasteiger partial charge < -0.3 is 9.97 Å². The SMILES string of the molecule is Bc1ccc2[nH]cc(-c3nc(-c4ccncc4)c(-c4ccc(F)cc4)[nH]3)c2c1. The summed E-state index contributed by atoms with van der Waals surface area (Å²) in [6, 6.07) is 16.6. The Morgan fingerprint density at radius 1 is 0.893 bits per heavy atom. The molecule has 0 spiro atoms. The lowest BCUT2D eigenvalue weighted by molar-refractivity contribution is 0.628. The van der Waals surface area contributed by atoms with E-state index in [-0.39, 0.29) is 5.82 Å². The maximum absolute atomic E-state index is 13.4. The van der Waals surface area contributed by atoms with Crippen LogP contribution < -0.4 is 5.46 Å². The number of H-pyrrole nitrogens is 2. The van der Waals surface area contributed by atoms with Crippen molar-refractivity contribution >= 4 is 24.2 Å². The summed E-state index contributed by atoms with van der Waals surface area (Å²) < 4.78 is 13.4. The van der Waals surface area contributed by atoms with Crippen molar-refractivity contribution in [3.63, 3.8) is 0 Å². The Hall–Kier alpha value is -3.67. The van der Waals surface area contributed by atoms with Crippen LogP contribution in [0.15, 0.2) is 73.2 Å². The van der Waals surface area contributed by atoms with Gasteiger partial charge in [0.25, 0.3) is 0 Å². The smallest absolute Gasteiger partial charge is 0.140 e. The standard InChI is InChI=1S/C22H16BFN4/c23-15-3-6-19-17(11-15)18(12-26-19)22-27-20(13-1-4-16(24)5-2-13)21(28-22)14-7-9-25-10-8-14/h1-12,26H,23H2,(H,27,28). The number of hydrogen-bond donors (Lipinski definition) is 2. The van der Waals surface area contributed by atoms with Gasteiger partial charge in [-0.15, -0.1) is 0 Å².